The van der Waals surface area contributed by atoms with Crippen molar-refractivity contribution >= 4 is 16.5 Å². The summed E-state index contributed by atoms with van der Waals surface area (Å²) in [6.45, 7) is 2.07. The molecule has 0 unspecified atom stereocenters. The predicted molar refractivity (Wildman–Crippen MR) is 95.9 cm³/mol. The van der Waals surface area contributed by atoms with Crippen molar-refractivity contribution in [3.8, 4) is 0 Å². The van der Waals surface area contributed by atoms with Gasteiger partial charge < -0.3 is 10.1 Å². The standard InChI is InChI=1S/C19H22FNO2S/c20-17-6-4-15(5-7-17)13-21-18-3-1-2-16(12-18)14-24(22)19-8-10-23-11-9-19/h1-7,12,19,21H,8-11,13-14H2/t24-/m1/s1. The molecule has 1 aliphatic rings. The van der Waals surface area contributed by atoms with E-state index in [1.54, 1.807) is 12.1 Å². The monoisotopic (exact) mass is 347 g/mol. The van der Waals surface area contributed by atoms with Gasteiger partial charge in [0.15, 0.2) is 0 Å². The molecular formula is C19H22FNO2S. The van der Waals surface area contributed by atoms with Crippen LogP contribution in [0.3, 0.4) is 0 Å². The molecule has 0 saturated carbocycles. The van der Waals surface area contributed by atoms with E-state index in [0.29, 0.717) is 12.3 Å². The maximum Gasteiger partial charge on any atom is 0.123 e. The highest BCUT2D eigenvalue weighted by atomic mass is 32.2. The Bertz CT molecular complexity index is 684. The van der Waals surface area contributed by atoms with Crippen LogP contribution in [0.2, 0.25) is 0 Å². The average molecular weight is 347 g/mol. The summed E-state index contributed by atoms with van der Waals surface area (Å²) in [5.74, 6) is 0.354. The molecule has 1 atom stereocenters. The Balaban J connectivity index is 1.57. The molecule has 2 aromatic rings. The normalized spacial score (nSPS) is 16.7. The van der Waals surface area contributed by atoms with E-state index >= 15 is 0 Å². The fourth-order valence-electron chi connectivity index (χ4n) is 2.80. The van der Waals surface area contributed by atoms with Crippen LogP contribution in [0.25, 0.3) is 0 Å². The number of nitrogens with one attached hydrogen (secondary N) is 1. The van der Waals surface area contributed by atoms with Crippen molar-refractivity contribution in [2.24, 2.45) is 0 Å². The van der Waals surface area contributed by atoms with Crippen LogP contribution in [0, 0.1) is 5.82 Å². The van der Waals surface area contributed by atoms with Gasteiger partial charge in [-0.3, -0.25) is 4.21 Å². The van der Waals surface area contributed by atoms with E-state index < -0.39 is 10.8 Å². The Hall–Kier alpha value is -1.72. The molecule has 0 amide bonds. The molecule has 128 valence electrons. The summed E-state index contributed by atoms with van der Waals surface area (Å²) in [5, 5.41) is 3.58. The lowest BCUT2D eigenvalue weighted by atomic mass is 10.2. The van der Waals surface area contributed by atoms with Crippen LogP contribution in [0.15, 0.2) is 48.5 Å². The van der Waals surface area contributed by atoms with Crippen molar-refractivity contribution in [3.05, 3.63) is 65.5 Å². The van der Waals surface area contributed by atoms with Gasteiger partial charge in [0, 0.05) is 47.2 Å². The molecule has 0 bridgehead atoms. The molecule has 2 aromatic carbocycles. The van der Waals surface area contributed by atoms with Gasteiger partial charge in [-0.25, -0.2) is 4.39 Å². The first-order valence-corrected chi connectivity index (χ1v) is 9.61. The average Bonchev–Trinajstić information content (AvgIpc) is 2.62. The van der Waals surface area contributed by atoms with E-state index in [2.05, 4.69) is 5.32 Å². The van der Waals surface area contributed by atoms with Crippen LogP contribution in [0.4, 0.5) is 10.1 Å². The second-order valence-electron chi connectivity index (χ2n) is 6.02. The van der Waals surface area contributed by atoms with Gasteiger partial charge in [0.25, 0.3) is 0 Å². The molecule has 0 aliphatic carbocycles. The first kappa shape index (κ1) is 17.1. The lowest BCUT2D eigenvalue weighted by Gasteiger charge is -2.21. The number of halogens is 1. The lowest BCUT2D eigenvalue weighted by molar-refractivity contribution is 0.0992. The number of ether oxygens (including phenoxy) is 1. The SMILES string of the molecule is O=[S@](Cc1cccc(NCc2ccc(F)cc2)c1)C1CCOCC1. The Morgan fingerprint density at radius 3 is 2.58 bits per heavy atom. The fourth-order valence-corrected chi connectivity index (χ4v) is 4.26. The Morgan fingerprint density at radius 2 is 1.83 bits per heavy atom. The minimum Gasteiger partial charge on any atom is -0.381 e. The van der Waals surface area contributed by atoms with E-state index in [0.717, 1.165) is 42.9 Å². The number of rotatable bonds is 6. The maximum atomic E-state index is 12.9. The second kappa shape index (κ2) is 8.40. The van der Waals surface area contributed by atoms with Gasteiger partial charge in [-0.2, -0.15) is 0 Å². The van der Waals surface area contributed by atoms with Gasteiger partial charge in [-0.05, 0) is 48.2 Å². The highest BCUT2D eigenvalue weighted by molar-refractivity contribution is 7.84. The van der Waals surface area contributed by atoms with E-state index in [1.807, 2.05) is 24.3 Å². The quantitative estimate of drug-likeness (QED) is 0.862. The molecular weight excluding hydrogens is 325 g/mol. The van der Waals surface area contributed by atoms with Gasteiger partial charge >= 0.3 is 0 Å². The molecule has 1 aliphatic heterocycles. The summed E-state index contributed by atoms with van der Waals surface area (Å²) in [7, 11) is -0.858. The van der Waals surface area contributed by atoms with Crippen molar-refractivity contribution in [1.29, 1.82) is 0 Å². The van der Waals surface area contributed by atoms with E-state index in [1.165, 1.54) is 12.1 Å². The third-order valence-electron chi connectivity index (χ3n) is 4.19. The lowest BCUT2D eigenvalue weighted by Crippen LogP contribution is -2.25. The summed E-state index contributed by atoms with van der Waals surface area (Å²) >= 11 is 0. The molecule has 3 nitrogen and oxygen atoms in total. The van der Waals surface area contributed by atoms with Gasteiger partial charge in [0.2, 0.25) is 0 Å². The third kappa shape index (κ3) is 4.89. The molecule has 3 rings (SSSR count). The van der Waals surface area contributed by atoms with Crippen LogP contribution in [-0.4, -0.2) is 22.7 Å². The zero-order valence-corrected chi connectivity index (χ0v) is 14.4. The van der Waals surface area contributed by atoms with Crippen molar-refractivity contribution in [2.75, 3.05) is 18.5 Å². The first-order chi connectivity index (χ1) is 11.7. The Morgan fingerprint density at radius 1 is 1.08 bits per heavy atom. The van der Waals surface area contributed by atoms with Crippen molar-refractivity contribution < 1.29 is 13.3 Å². The van der Waals surface area contributed by atoms with E-state index in [-0.39, 0.29) is 11.1 Å². The smallest absolute Gasteiger partial charge is 0.123 e. The predicted octanol–water partition coefficient (Wildman–Crippen LogP) is 3.87. The van der Waals surface area contributed by atoms with Gasteiger partial charge in [0.1, 0.15) is 5.82 Å². The third-order valence-corrected chi connectivity index (χ3v) is 6.02. The summed E-state index contributed by atoms with van der Waals surface area (Å²) in [4.78, 5) is 0. The van der Waals surface area contributed by atoms with Gasteiger partial charge in [0.05, 0.1) is 0 Å². The van der Waals surface area contributed by atoms with Crippen LogP contribution < -0.4 is 5.32 Å². The topological polar surface area (TPSA) is 38.3 Å². The largest absolute Gasteiger partial charge is 0.381 e. The molecule has 24 heavy (non-hydrogen) atoms. The zero-order valence-electron chi connectivity index (χ0n) is 13.5. The summed E-state index contributed by atoms with van der Waals surface area (Å²) in [5.41, 5.74) is 3.08. The summed E-state index contributed by atoms with van der Waals surface area (Å²) in [6.07, 6.45) is 1.77. The summed E-state index contributed by atoms with van der Waals surface area (Å²) < 4.78 is 30.7. The number of anilines is 1. The van der Waals surface area contributed by atoms with Gasteiger partial charge in [-0.1, -0.05) is 24.3 Å². The Labute approximate surface area is 144 Å². The maximum absolute atomic E-state index is 12.9. The molecule has 1 N–H and O–H groups in total. The van der Waals surface area contributed by atoms with Crippen LogP contribution in [0.1, 0.15) is 24.0 Å². The van der Waals surface area contributed by atoms with Crippen LogP contribution >= 0.6 is 0 Å². The second-order valence-corrected chi connectivity index (χ2v) is 7.73. The van der Waals surface area contributed by atoms with Crippen LogP contribution in [-0.2, 0) is 27.8 Å². The fraction of sp³-hybridized carbons (Fsp3) is 0.368. The summed E-state index contributed by atoms with van der Waals surface area (Å²) in [6, 6.07) is 14.5. The molecule has 5 heteroatoms. The van der Waals surface area contributed by atoms with E-state index in [9.17, 15) is 8.60 Å². The Kier molecular flexibility index (Phi) is 5.99. The minimum atomic E-state index is -0.858. The molecule has 1 heterocycles. The van der Waals surface area contributed by atoms with Crippen molar-refractivity contribution in [2.45, 2.75) is 30.4 Å². The van der Waals surface area contributed by atoms with Crippen molar-refractivity contribution in [1.82, 2.24) is 0 Å². The number of hydrogen-bond acceptors (Lipinski definition) is 3. The van der Waals surface area contributed by atoms with Gasteiger partial charge in [-0.15, -0.1) is 0 Å². The minimum absolute atomic E-state index is 0.226. The molecule has 0 aromatic heterocycles. The first-order valence-electron chi connectivity index (χ1n) is 8.23. The van der Waals surface area contributed by atoms with E-state index in [4.69, 9.17) is 4.74 Å². The van der Waals surface area contributed by atoms with Crippen molar-refractivity contribution in [3.63, 3.8) is 0 Å². The zero-order chi connectivity index (χ0) is 16.8. The van der Waals surface area contributed by atoms with Crippen LogP contribution in [0.5, 0.6) is 0 Å². The number of benzene rings is 2. The highest BCUT2D eigenvalue weighted by Crippen LogP contribution is 2.19. The molecule has 0 radical (unpaired) electrons. The number of hydrogen-bond donors (Lipinski definition) is 1. The molecule has 1 saturated heterocycles. The molecule has 1 fully saturated rings. The highest BCUT2D eigenvalue weighted by Gasteiger charge is 2.20. The molecule has 0 spiro atoms.